The summed E-state index contributed by atoms with van der Waals surface area (Å²) in [6, 6.07) is 52.2. The van der Waals surface area contributed by atoms with E-state index in [1.165, 1.54) is 20.2 Å². The molecule has 0 saturated carbocycles. The van der Waals surface area contributed by atoms with Crippen LogP contribution in [0.25, 0.3) is 109 Å². The molecule has 7 aromatic carbocycles. The number of furan rings is 2. The van der Waals surface area contributed by atoms with E-state index >= 15 is 0 Å². The van der Waals surface area contributed by atoms with Gasteiger partial charge in [0.15, 0.2) is 17.5 Å². The number of thiophene rings is 1. The number of fused-ring (bicyclic) bond motifs is 9. The monoisotopic (exact) mass is 671 g/mol. The van der Waals surface area contributed by atoms with E-state index in [1.807, 2.05) is 84.1 Å². The average Bonchev–Trinajstić information content (AvgIpc) is 3.89. The highest BCUT2D eigenvalue weighted by Crippen LogP contribution is 2.44. The molecule has 0 aliphatic rings. The van der Waals surface area contributed by atoms with Gasteiger partial charge in [-0.15, -0.1) is 11.3 Å². The van der Waals surface area contributed by atoms with E-state index in [9.17, 15) is 0 Å². The van der Waals surface area contributed by atoms with E-state index in [0.717, 1.165) is 71.7 Å². The van der Waals surface area contributed by atoms with Crippen molar-refractivity contribution in [3.05, 3.63) is 152 Å². The van der Waals surface area contributed by atoms with Crippen LogP contribution in [0, 0.1) is 0 Å². The van der Waals surface area contributed by atoms with Gasteiger partial charge in [-0.3, -0.25) is 0 Å². The number of hydrogen-bond acceptors (Lipinski definition) is 6. The minimum absolute atomic E-state index is 0.547. The molecule has 0 amide bonds. The van der Waals surface area contributed by atoms with Gasteiger partial charge in [-0.2, -0.15) is 0 Å². The first-order chi connectivity index (χ1) is 25.2. The molecule has 11 rings (SSSR count). The molecule has 0 N–H and O–H groups in total. The second-order valence-corrected chi connectivity index (χ2v) is 13.8. The van der Waals surface area contributed by atoms with Crippen LogP contribution in [0.4, 0.5) is 0 Å². The zero-order valence-electron chi connectivity index (χ0n) is 27.0. The minimum Gasteiger partial charge on any atom is -0.456 e. The maximum Gasteiger partial charge on any atom is 0.167 e. The number of nitrogens with zero attached hydrogens (tertiary/aromatic N) is 3. The van der Waals surface area contributed by atoms with Crippen LogP contribution in [0.1, 0.15) is 0 Å². The molecule has 11 aromatic rings. The van der Waals surface area contributed by atoms with Crippen molar-refractivity contribution in [2.45, 2.75) is 0 Å². The highest BCUT2D eigenvalue weighted by molar-refractivity contribution is 7.25. The number of benzene rings is 7. The third-order valence-electron chi connectivity index (χ3n) is 9.76. The fourth-order valence-electron chi connectivity index (χ4n) is 7.35. The molecule has 5 nitrogen and oxygen atoms in total. The second kappa shape index (κ2) is 10.9. The fraction of sp³-hybridized carbons (Fsp3) is 0. The maximum atomic E-state index is 6.72. The van der Waals surface area contributed by atoms with Crippen LogP contribution >= 0.6 is 11.3 Å². The SMILES string of the molecule is c1ccc(-c2nc(-c3ccc4oc5ccccc5c4c3)nc(-c3ccc(-c4ccc5sc6ccccc6c5c4)c4c3oc3ccccc34)n2)cc1. The number of para-hydroxylation sites is 2. The standard InChI is InChI=1S/C45H25N3O2S/c1-2-10-26(11-3-1)43-46-44(28-18-22-38-34(25-28)30-12-4-7-15-36(30)49-38)48-45(47-43)33-21-20-29(41-32-14-5-8-16-37(32)50-42(33)41)27-19-23-40-35(24-27)31-13-6-9-17-39(31)51-40/h1-25H. The number of hydrogen-bond donors (Lipinski definition) is 0. The quantitative estimate of drug-likeness (QED) is 0.186. The molecule has 0 saturated heterocycles. The molecular formula is C45H25N3O2S. The van der Waals surface area contributed by atoms with Gasteiger partial charge in [-0.1, -0.05) is 97.1 Å². The van der Waals surface area contributed by atoms with Crippen molar-refractivity contribution in [1.82, 2.24) is 15.0 Å². The van der Waals surface area contributed by atoms with Crippen molar-refractivity contribution in [1.29, 1.82) is 0 Å². The lowest BCUT2D eigenvalue weighted by molar-refractivity contribution is 0.669. The molecule has 4 heterocycles. The molecule has 0 spiro atoms. The van der Waals surface area contributed by atoms with Crippen LogP contribution in [-0.2, 0) is 0 Å². The van der Waals surface area contributed by atoms with E-state index in [-0.39, 0.29) is 0 Å². The van der Waals surface area contributed by atoms with E-state index in [0.29, 0.717) is 17.5 Å². The Balaban J connectivity index is 1.15. The summed E-state index contributed by atoms with van der Waals surface area (Å²) in [5.74, 6) is 1.72. The van der Waals surface area contributed by atoms with Gasteiger partial charge in [-0.25, -0.2) is 15.0 Å². The molecular weight excluding hydrogens is 647 g/mol. The van der Waals surface area contributed by atoms with E-state index < -0.39 is 0 Å². The summed E-state index contributed by atoms with van der Waals surface area (Å²) in [4.78, 5) is 15.3. The van der Waals surface area contributed by atoms with Crippen LogP contribution in [0.5, 0.6) is 0 Å². The zero-order valence-corrected chi connectivity index (χ0v) is 27.8. The molecule has 0 unspecified atom stereocenters. The van der Waals surface area contributed by atoms with Crippen LogP contribution in [0.15, 0.2) is 160 Å². The summed E-state index contributed by atoms with van der Waals surface area (Å²) < 4.78 is 15.4. The smallest absolute Gasteiger partial charge is 0.167 e. The Labute approximate surface area is 295 Å². The van der Waals surface area contributed by atoms with E-state index in [4.69, 9.17) is 23.8 Å². The summed E-state index contributed by atoms with van der Waals surface area (Å²) in [7, 11) is 0. The summed E-state index contributed by atoms with van der Waals surface area (Å²) in [5, 5.41) is 6.70. The van der Waals surface area contributed by atoms with Gasteiger partial charge in [0.2, 0.25) is 0 Å². The van der Waals surface area contributed by atoms with E-state index in [1.54, 1.807) is 0 Å². The molecule has 4 aromatic heterocycles. The van der Waals surface area contributed by atoms with Crippen LogP contribution in [-0.4, -0.2) is 15.0 Å². The second-order valence-electron chi connectivity index (χ2n) is 12.8. The lowest BCUT2D eigenvalue weighted by Crippen LogP contribution is -2.00. The van der Waals surface area contributed by atoms with E-state index in [2.05, 4.69) is 78.9 Å². The van der Waals surface area contributed by atoms with Gasteiger partial charge in [0.05, 0.1) is 5.56 Å². The fourth-order valence-corrected chi connectivity index (χ4v) is 8.43. The Kier molecular flexibility index (Phi) is 6.05. The van der Waals surface area contributed by atoms with Crippen molar-refractivity contribution in [2.24, 2.45) is 0 Å². The molecule has 0 aliphatic heterocycles. The molecule has 0 radical (unpaired) electrons. The third-order valence-corrected chi connectivity index (χ3v) is 10.9. The summed E-state index contributed by atoms with van der Waals surface area (Å²) in [6.45, 7) is 0. The summed E-state index contributed by atoms with van der Waals surface area (Å²) in [5.41, 5.74) is 8.07. The van der Waals surface area contributed by atoms with Crippen LogP contribution in [0.3, 0.4) is 0 Å². The summed E-state index contributed by atoms with van der Waals surface area (Å²) in [6.07, 6.45) is 0. The molecule has 238 valence electrons. The Hall–Kier alpha value is -6.63. The van der Waals surface area contributed by atoms with Gasteiger partial charge < -0.3 is 8.83 Å². The predicted molar refractivity (Wildman–Crippen MR) is 209 cm³/mol. The topological polar surface area (TPSA) is 65.0 Å². The lowest BCUT2D eigenvalue weighted by Gasteiger charge is -2.11. The minimum atomic E-state index is 0.547. The Morgan fingerprint density at radius 1 is 0.373 bits per heavy atom. The van der Waals surface area contributed by atoms with Gasteiger partial charge in [0.25, 0.3) is 0 Å². The van der Waals surface area contributed by atoms with Crippen molar-refractivity contribution in [3.63, 3.8) is 0 Å². The first-order valence-corrected chi connectivity index (χ1v) is 17.7. The lowest BCUT2D eigenvalue weighted by atomic mass is 9.96. The molecule has 0 atom stereocenters. The first-order valence-electron chi connectivity index (χ1n) is 16.8. The van der Waals surface area contributed by atoms with Gasteiger partial charge in [0.1, 0.15) is 22.3 Å². The average molecular weight is 672 g/mol. The Bertz CT molecular complexity index is 3160. The van der Waals surface area contributed by atoms with Crippen molar-refractivity contribution >= 4 is 75.4 Å². The normalized spacial score (nSPS) is 11.9. The molecule has 0 bridgehead atoms. The first kappa shape index (κ1) is 28.2. The number of rotatable bonds is 4. The van der Waals surface area contributed by atoms with Gasteiger partial charge in [0, 0.05) is 52.8 Å². The molecule has 6 heteroatoms. The predicted octanol–water partition coefficient (Wildman–Crippen LogP) is 12.7. The largest absolute Gasteiger partial charge is 0.456 e. The van der Waals surface area contributed by atoms with Crippen molar-refractivity contribution in [3.8, 4) is 45.3 Å². The van der Waals surface area contributed by atoms with Crippen LogP contribution in [0.2, 0.25) is 0 Å². The molecule has 0 fully saturated rings. The van der Waals surface area contributed by atoms with Gasteiger partial charge >= 0.3 is 0 Å². The zero-order chi connectivity index (χ0) is 33.5. The van der Waals surface area contributed by atoms with Crippen molar-refractivity contribution in [2.75, 3.05) is 0 Å². The maximum absolute atomic E-state index is 6.72. The Morgan fingerprint density at radius 3 is 1.84 bits per heavy atom. The van der Waals surface area contributed by atoms with Crippen molar-refractivity contribution < 1.29 is 8.83 Å². The molecule has 51 heavy (non-hydrogen) atoms. The highest BCUT2D eigenvalue weighted by Gasteiger charge is 2.21. The molecule has 0 aliphatic carbocycles. The van der Waals surface area contributed by atoms with Crippen LogP contribution < -0.4 is 0 Å². The highest BCUT2D eigenvalue weighted by atomic mass is 32.1. The third kappa shape index (κ3) is 4.43. The Morgan fingerprint density at radius 2 is 0.980 bits per heavy atom. The van der Waals surface area contributed by atoms with Gasteiger partial charge in [-0.05, 0) is 65.7 Å². The number of aromatic nitrogens is 3. The summed E-state index contributed by atoms with van der Waals surface area (Å²) >= 11 is 1.83.